The Bertz CT molecular complexity index is 535. The van der Waals surface area contributed by atoms with Gasteiger partial charge in [0.15, 0.2) is 0 Å². The first-order valence-corrected chi connectivity index (χ1v) is 9.01. The Hall–Kier alpha value is -2.08. The molecule has 1 aliphatic heterocycles. The van der Waals surface area contributed by atoms with Gasteiger partial charge in [-0.2, -0.15) is 0 Å². The van der Waals surface area contributed by atoms with E-state index in [9.17, 15) is 9.59 Å². The number of nitrogens with zero attached hydrogens (tertiary/aromatic N) is 1. The van der Waals surface area contributed by atoms with Gasteiger partial charge >= 0.3 is 6.09 Å². The van der Waals surface area contributed by atoms with Gasteiger partial charge in [-0.15, -0.1) is 0 Å². The molecule has 1 N–H and O–H groups in total. The molecule has 0 spiro atoms. The van der Waals surface area contributed by atoms with E-state index in [0.29, 0.717) is 39.2 Å². The number of hydrogen-bond donors (Lipinski definition) is 1. The SMILES string of the molecule is CCOC(=O)NC1CCCN(C(=O)CCCOCc2ccccc2)C1. The van der Waals surface area contributed by atoms with E-state index in [0.717, 1.165) is 24.9 Å². The first kappa shape index (κ1) is 19.2. The second kappa shape index (κ2) is 10.7. The minimum Gasteiger partial charge on any atom is -0.450 e. The van der Waals surface area contributed by atoms with Crippen molar-refractivity contribution in [2.45, 2.75) is 45.3 Å². The molecule has 0 saturated carbocycles. The maximum atomic E-state index is 12.3. The zero-order valence-corrected chi connectivity index (χ0v) is 14.9. The van der Waals surface area contributed by atoms with E-state index in [1.54, 1.807) is 6.92 Å². The number of carbonyl (C=O) groups excluding carboxylic acids is 2. The normalized spacial score (nSPS) is 17.2. The Kier molecular flexibility index (Phi) is 8.25. The van der Waals surface area contributed by atoms with E-state index >= 15 is 0 Å². The van der Waals surface area contributed by atoms with Crippen molar-refractivity contribution in [3.05, 3.63) is 35.9 Å². The van der Waals surface area contributed by atoms with E-state index in [1.165, 1.54) is 0 Å². The molecular weight excluding hydrogens is 320 g/mol. The predicted molar refractivity (Wildman–Crippen MR) is 95.1 cm³/mol. The summed E-state index contributed by atoms with van der Waals surface area (Å²) < 4.78 is 10.5. The van der Waals surface area contributed by atoms with Crippen LogP contribution in [0.3, 0.4) is 0 Å². The largest absolute Gasteiger partial charge is 0.450 e. The van der Waals surface area contributed by atoms with E-state index in [1.807, 2.05) is 35.2 Å². The number of benzene rings is 1. The molecule has 6 nitrogen and oxygen atoms in total. The Balaban J connectivity index is 1.62. The molecule has 0 radical (unpaired) electrons. The van der Waals surface area contributed by atoms with Crippen molar-refractivity contribution < 1.29 is 19.1 Å². The van der Waals surface area contributed by atoms with Crippen LogP contribution in [0.5, 0.6) is 0 Å². The summed E-state index contributed by atoms with van der Waals surface area (Å²) in [5.41, 5.74) is 1.14. The van der Waals surface area contributed by atoms with E-state index in [4.69, 9.17) is 9.47 Å². The van der Waals surface area contributed by atoms with Gasteiger partial charge in [0.05, 0.1) is 13.2 Å². The molecule has 0 aromatic heterocycles. The van der Waals surface area contributed by atoms with Crippen molar-refractivity contribution in [3.8, 4) is 0 Å². The van der Waals surface area contributed by atoms with Gasteiger partial charge in [-0.25, -0.2) is 4.79 Å². The smallest absolute Gasteiger partial charge is 0.407 e. The lowest BCUT2D eigenvalue weighted by Crippen LogP contribution is -2.49. The van der Waals surface area contributed by atoms with Crippen molar-refractivity contribution in [3.63, 3.8) is 0 Å². The fourth-order valence-electron chi connectivity index (χ4n) is 2.91. The Morgan fingerprint density at radius 3 is 2.84 bits per heavy atom. The molecule has 1 aromatic carbocycles. The van der Waals surface area contributed by atoms with Crippen LogP contribution >= 0.6 is 0 Å². The van der Waals surface area contributed by atoms with E-state index in [-0.39, 0.29) is 11.9 Å². The number of piperidine rings is 1. The number of rotatable bonds is 8. The van der Waals surface area contributed by atoms with Crippen LogP contribution in [0.2, 0.25) is 0 Å². The second-order valence-corrected chi connectivity index (χ2v) is 6.19. The highest BCUT2D eigenvalue weighted by Crippen LogP contribution is 2.12. The summed E-state index contributed by atoms with van der Waals surface area (Å²) >= 11 is 0. The maximum Gasteiger partial charge on any atom is 0.407 e. The third-order valence-electron chi connectivity index (χ3n) is 4.16. The van der Waals surface area contributed by atoms with Crippen LogP contribution in [0, 0.1) is 0 Å². The van der Waals surface area contributed by atoms with Crippen LogP contribution in [0.15, 0.2) is 30.3 Å². The zero-order valence-electron chi connectivity index (χ0n) is 14.9. The van der Waals surface area contributed by atoms with Crippen molar-refractivity contribution in [2.75, 3.05) is 26.3 Å². The lowest BCUT2D eigenvalue weighted by molar-refractivity contribution is -0.132. The number of ether oxygens (including phenoxy) is 2. The quantitative estimate of drug-likeness (QED) is 0.734. The highest BCUT2D eigenvalue weighted by atomic mass is 16.5. The molecule has 2 rings (SSSR count). The molecule has 1 fully saturated rings. The Morgan fingerprint density at radius 2 is 2.08 bits per heavy atom. The number of alkyl carbamates (subject to hydrolysis) is 1. The fourth-order valence-corrected chi connectivity index (χ4v) is 2.91. The molecule has 138 valence electrons. The summed E-state index contributed by atoms with van der Waals surface area (Å²) in [4.78, 5) is 25.6. The molecule has 1 unspecified atom stereocenters. The van der Waals surface area contributed by atoms with Gasteiger partial charge < -0.3 is 19.7 Å². The van der Waals surface area contributed by atoms with Crippen LogP contribution in [0.4, 0.5) is 4.79 Å². The van der Waals surface area contributed by atoms with Gasteiger partial charge in [0.2, 0.25) is 5.91 Å². The number of nitrogens with one attached hydrogen (secondary N) is 1. The summed E-state index contributed by atoms with van der Waals surface area (Å²) in [5, 5.41) is 2.82. The average Bonchev–Trinajstić information content (AvgIpc) is 2.62. The second-order valence-electron chi connectivity index (χ2n) is 6.19. The predicted octanol–water partition coefficient (Wildman–Crippen LogP) is 2.72. The topological polar surface area (TPSA) is 67.9 Å². The standard InChI is InChI=1S/C19H28N2O4/c1-2-25-19(23)20-17-10-6-12-21(14-17)18(22)11-7-13-24-15-16-8-4-3-5-9-16/h3-5,8-9,17H,2,6-7,10-15H2,1H3,(H,20,23). The van der Waals surface area contributed by atoms with Crippen LogP contribution in [0.1, 0.15) is 38.2 Å². The van der Waals surface area contributed by atoms with Crippen LogP contribution < -0.4 is 5.32 Å². The monoisotopic (exact) mass is 348 g/mol. The van der Waals surface area contributed by atoms with Crippen LogP contribution in [-0.4, -0.2) is 49.2 Å². The molecule has 25 heavy (non-hydrogen) atoms. The third kappa shape index (κ3) is 7.13. The number of likely N-dealkylation sites (tertiary alicyclic amines) is 1. The molecule has 6 heteroatoms. The van der Waals surface area contributed by atoms with E-state index in [2.05, 4.69) is 5.32 Å². The van der Waals surface area contributed by atoms with Crippen molar-refractivity contribution in [1.29, 1.82) is 0 Å². The molecular formula is C19H28N2O4. The lowest BCUT2D eigenvalue weighted by atomic mass is 10.1. The van der Waals surface area contributed by atoms with Gasteiger partial charge in [0.25, 0.3) is 0 Å². The number of hydrogen-bond acceptors (Lipinski definition) is 4. The van der Waals surface area contributed by atoms with Crippen LogP contribution in [0.25, 0.3) is 0 Å². The highest BCUT2D eigenvalue weighted by Gasteiger charge is 2.24. The van der Waals surface area contributed by atoms with Gasteiger partial charge in [-0.05, 0) is 31.7 Å². The first-order valence-electron chi connectivity index (χ1n) is 9.01. The van der Waals surface area contributed by atoms with Gasteiger partial charge in [0, 0.05) is 32.2 Å². The zero-order chi connectivity index (χ0) is 17.9. The van der Waals surface area contributed by atoms with Crippen molar-refractivity contribution in [2.24, 2.45) is 0 Å². The average molecular weight is 348 g/mol. The van der Waals surface area contributed by atoms with E-state index < -0.39 is 6.09 Å². The molecule has 2 amide bonds. The summed E-state index contributed by atoms with van der Waals surface area (Å²) in [6.45, 7) is 4.58. The minimum absolute atomic E-state index is 0.0221. The number of amides is 2. The number of carbonyl (C=O) groups is 2. The lowest BCUT2D eigenvalue weighted by Gasteiger charge is -2.33. The highest BCUT2D eigenvalue weighted by molar-refractivity contribution is 5.76. The molecule has 1 saturated heterocycles. The van der Waals surface area contributed by atoms with Gasteiger partial charge in [-0.1, -0.05) is 30.3 Å². The molecule has 0 bridgehead atoms. The van der Waals surface area contributed by atoms with Crippen LogP contribution in [-0.2, 0) is 20.9 Å². The molecule has 1 aliphatic rings. The molecule has 0 aliphatic carbocycles. The third-order valence-corrected chi connectivity index (χ3v) is 4.16. The Morgan fingerprint density at radius 1 is 1.28 bits per heavy atom. The summed E-state index contributed by atoms with van der Waals surface area (Å²) in [7, 11) is 0. The Labute approximate surface area is 149 Å². The first-order chi connectivity index (χ1) is 12.2. The summed E-state index contributed by atoms with van der Waals surface area (Å²) in [6.07, 6.45) is 2.55. The minimum atomic E-state index is -0.406. The van der Waals surface area contributed by atoms with Gasteiger partial charge in [-0.3, -0.25) is 4.79 Å². The van der Waals surface area contributed by atoms with Crippen molar-refractivity contribution >= 4 is 12.0 Å². The summed E-state index contributed by atoms with van der Waals surface area (Å²) in [5.74, 6) is 0.124. The molecule has 1 atom stereocenters. The molecule has 1 heterocycles. The van der Waals surface area contributed by atoms with Crippen molar-refractivity contribution in [1.82, 2.24) is 10.2 Å². The fraction of sp³-hybridized carbons (Fsp3) is 0.579. The van der Waals surface area contributed by atoms with Gasteiger partial charge in [0.1, 0.15) is 0 Å². The maximum absolute atomic E-state index is 12.3. The summed E-state index contributed by atoms with van der Waals surface area (Å²) in [6, 6.07) is 9.97. The molecule has 1 aromatic rings.